The Morgan fingerprint density at radius 1 is 0.897 bits per heavy atom. The van der Waals surface area contributed by atoms with Crippen LogP contribution in [0.1, 0.15) is 26.3 Å². The van der Waals surface area contributed by atoms with Crippen LogP contribution in [0.3, 0.4) is 0 Å². The van der Waals surface area contributed by atoms with Crippen LogP contribution in [0.15, 0.2) is 90.0 Å². The lowest BCUT2D eigenvalue weighted by Gasteiger charge is -2.12. The van der Waals surface area contributed by atoms with Gasteiger partial charge in [-0.15, -0.1) is 11.3 Å². The fourth-order valence-corrected chi connectivity index (χ4v) is 5.23. The molecule has 0 saturated heterocycles. The smallest absolute Gasteiger partial charge is 0.285 e. The maximum Gasteiger partial charge on any atom is 0.285 e. The van der Waals surface area contributed by atoms with Gasteiger partial charge in [-0.1, -0.05) is 84.6 Å². The van der Waals surface area contributed by atoms with Crippen molar-refractivity contribution in [2.24, 2.45) is 0 Å². The lowest BCUT2D eigenvalue weighted by atomic mass is 10.1. The van der Waals surface area contributed by atoms with Crippen LogP contribution in [0.25, 0.3) is 15.9 Å². The summed E-state index contributed by atoms with van der Waals surface area (Å²) in [5.41, 5.74) is 3.98. The molecule has 29 heavy (non-hydrogen) atoms. The maximum atomic E-state index is 13.0. The van der Waals surface area contributed by atoms with E-state index in [0.717, 1.165) is 32.1 Å². The third-order valence-electron chi connectivity index (χ3n) is 4.62. The highest BCUT2D eigenvalue weighted by molar-refractivity contribution is 8.03. The fourth-order valence-electron chi connectivity index (χ4n) is 3.22. The van der Waals surface area contributed by atoms with E-state index >= 15 is 0 Å². The molecule has 0 spiro atoms. The highest BCUT2D eigenvalue weighted by Gasteiger charge is 2.28. The summed E-state index contributed by atoms with van der Waals surface area (Å²) in [4.78, 5) is 17.4. The zero-order valence-corrected chi connectivity index (χ0v) is 17.0. The second kappa shape index (κ2) is 7.73. The average Bonchev–Trinajstić information content (AvgIpc) is 3.39. The molecule has 1 aliphatic rings. The van der Waals surface area contributed by atoms with Crippen LogP contribution in [0.5, 0.6) is 0 Å². The van der Waals surface area contributed by atoms with E-state index < -0.39 is 0 Å². The molecule has 0 radical (unpaired) electrons. The lowest BCUT2D eigenvalue weighted by molar-refractivity contribution is 0.0969. The number of nitrogens with one attached hydrogen (secondary N) is 2. The van der Waals surface area contributed by atoms with E-state index in [-0.39, 0.29) is 11.3 Å². The quantitative estimate of drug-likeness (QED) is 0.469. The highest BCUT2D eigenvalue weighted by Crippen LogP contribution is 2.42. The van der Waals surface area contributed by atoms with Crippen molar-refractivity contribution in [2.75, 3.05) is 0 Å². The number of hydrogen-bond acceptors (Lipinski definition) is 5. The first kappa shape index (κ1) is 18.0. The molecule has 2 N–H and O–H groups in total. The first-order valence-electron chi connectivity index (χ1n) is 9.23. The van der Waals surface area contributed by atoms with Crippen molar-refractivity contribution in [3.8, 4) is 0 Å². The van der Waals surface area contributed by atoms with Gasteiger partial charge in [-0.2, -0.15) is 0 Å². The molecule has 142 valence electrons. The van der Waals surface area contributed by atoms with Crippen molar-refractivity contribution < 1.29 is 4.79 Å². The summed E-state index contributed by atoms with van der Waals surface area (Å²) in [6.07, 6.45) is 0. The number of para-hydroxylation sites is 1. The molecule has 4 nitrogen and oxygen atoms in total. The first-order chi connectivity index (χ1) is 14.3. The van der Waals surface area contributed by atoms with Crippen LogP contribution in [-0.4, -0.2) is 10.9 Å². The predicted molar refractivity (Wildman–Crippen MR) is 120 cm³/mol. The summed E-state index contributed by atoms with van der Waals surface area (Å²) in [7, 11) is 0. The Balaban J connectivity index is 1.46. The monoisotopic (exact) mass is 415 g/mol. The Labute approximate surface area is 176 Å². The Morgan fingerprint density at radius 2 is 1.59 bits per heavy atom. The van der Waals surface area contributed by atoms with Crippen molar-refractivity contribution in [1.29, 1.82) is 0 Å². The second-order valence-electron chi connectivity index (χ2n) is 6.56. The number of benzene rings is 3. The molecule has 4 aromatic rings. The van der Waals surface area contributed by atoms with Gasteiger partial charge in [0.25, 0.3) is 5.91 Å². The number of rotatable bonds is 4. The van der Waals surface area contributed by atoms with Crippen LogP contribution in [0.2, 0.25) is 0 Å². The molecule has 2 heterocycles. The van der Waals surface area contributed by atoms with Crippen molar-refractivity contribution in [1.82, 2.24) is 15.6 Å². The van der Waals surface area contributed by atoms with Gasteiger partial charge in [-0.05, 0) is 17.7 Å². The zero-order valence-electron chi connectivity index (χ0n) is 15.3. The van der Waals surface area contributed by atoms with Crippen molar-refractivity contribution >= 4 is 44.9 Å². The molecule has 0 aliphatic carbocycles. The fraction of sp³-hybridized carbons (Fsp3) is 0.0435. The van der Waals surface area contributed by atoms with Gasteiger partial charge in [0, 0.05) is 5.56 Å². The number of fused-ring (bicyclic) bond motifs is 1. The number of thioether (sulfide) groups is 1. The maximum absolute atomic E-state index is 13.0. The molecule has 5 rings (SSSR count). The van der Waals surface area contributed by atoms with Gasteiger partial charge in [-0.3, -0.25) is 4.79 Å². The molecule has 3 aromatic carbocycles. The Bertz CT molecular complexity index is 1170. The molecule has 0 bridgehead atoms. The Hall–Kier alpha value is -3.09. The second-order valence-corrected chi connectivity index (χ2v) is 8.71. The summed E-state index contributed by atoms with van der Waals surface area (Å²) in [5, 5.41) is 7.98. The minimum absolute atomic E-state index is 0.0390. The van der Waals surface area contributed by atoms with Gasteiger partial charge in [0.1, 0.15) is 10.4 Å². The van der Waals surface area contributed by atoms with Crippen molar-refractivity contribution in [2.45, 2.75) is 5.37 Å². The lowest BCUT2D eigenvalue weighted by Crippen LogP contribution is -2.21. The topological polar surface area (TPSA) is 54.0 Å². The molecule has 0 saturated carbocycles. The van der Waals surface area contributed by atoms with Crippen LogP contribution in [0.4, 0.5) is 0 Å². The summed E-state index contributed by atoms with van der Waals surface area (Å²) in [5.74, 6) is -0.183. The third kappa shape index (κ3) is 3.64. The molecule has 1 aliphatic heterocycles. The van der Waals surface area contributed by atoms with Gasteiger partial charge in [0.05, 0.1) is 15.9 Å². The van der Waals surface area contributed by atoms with Crippen LogP contribution in [-0.2, 0) is 0 Å². The number of carbonyl (C=O) groups is 1. The largest absolute Gasteiger partial charge is 0.367 e. The van der Waals surface area contributed by atoms with Gasteiger partial charge in [0.2, 0.25) is 0 Å². The predicted octanol–water partition coefficient (Wildman–Crippen LogP) is 5.39. The van der Waals surface area contributed by atoms with E-state index in [0.29, 0.717) is 5.01 Å². The van der Waals surface area contributed by atoms with Crippen LogP contribution < -0.4 is 10.6 Å². The van der Waals surface area contributed by atoms with E-state index in [1.807, 2.05) is 72.8 Å². The minimum Gasteiger partial charge on any atom is -0.367 e. The van der Waals surface area contributed by atoms with Gasteiger partial charge in [0.15, 0.2) is 5.01 Å². The molecular formula is C23H17N3OS2. The number of nitrogens with zero attached hydrogens (tertiary/aromatic N) is 1. The SMILES string of the molecule is O=C(NC1=C(c2ccccc2)NC(c2ccccc2)S1)c1nc2ccccc2s1. The molecule has 1 unspecified atom stereocenters. The molecule has 1 aromatic heterocycles. The zero-order chi connectivity index (χ0) is 19.6. The van der Waals surface area contributed by atoms with Gasteiger partial charge >= 0.3 is 0 Å². The normalized spacial score (nSPS) is 16.1. The van der Waals surface area contributed by atoms with E-state index in [4.69, 9.17) is 0 Å². The highest BCUT2D eigenvalue weighted by atomic mass is 32.2. The van der Waals surface area contributed by atoms with Gasteiger partial charge in [-0.25, -0.2) is 4.98 Å². The average molecular weight is 416 g/mol. The Morgan fingerprint density at radius 3 is 2.34 bits per heavy atom. The van der Waals surface area contributed by atoms with Crippen LogP contribution >= 0.6 is 23.1 Å². The minimum atomic E-state index is -0.183. The van der Waals surface area contributed by atoms with Crippen LogP contribution in [0, 0.1) is 0 Å². The molecule has 1 atom stereocenters. The summed E-state index contributed by atoms with van der Waals surface area (Å²) in [6, 6.07) is 28.1. The Kier molecular flexibility index (Phi) is 4.79. The summed E-state index contributed by atoms with van der Waals surface area (Å²) in [6.45, 7) is 0. The van der Waals surface area contributed by atoms with Crippen molar-refractivity contribution in [3.05, 3.63) is 106 Å². The number of thiazole rings is 1. The first-order valence-corrected chi connectivity index (χ1v) is 10.9. The van der Waals surface area contributed by atoms with Gasteiger partial charge < -0.3 is 10.6 Å². The number of carbonyl (C=O) groups excluding carboxylic acids is 1. The molecule has 6 heteroatoms. The molecular weight excluding hydrogens is 398 g/mol. The summed E-state index contributed by atoms with van der Waals surface area (Å²) < 4.78 is 1.01. The molecule has 0 fully saturated rings. The number of amides is 1. The van der Waals surface area contributed by atoms with Crippen molar-refractivity contribution in [3.63, 3.8) is 0 Å². The molecule has 1 amide bonds. The van der Waals surface area contributed by atoms with E-state index in [1.165, 1.54) is 11.3 Å². The standard InChI is InChI=1S/C23H17N3OS2/c27-20(23-24-17-13-7-8-14-18(17)28-23)26-22-19(15-9-3-1-4-10-15)25-21(29-22)16-11-5-2-6-12-16/h1-14,21,25H,(H,26,27). The van der Waals surface area contributed by atoms with E-state index in [1.54, 1.807) is 11.8 Å². The number of hydrogen-bond donors (Lipinski definition) is 2. The number of aromatic nitrogens is 1. The van der Waals surface area contributed by atoms with E-state index in [9.17, 15) is 4.79 Å². The van der Waals surface area contributed by atoms with E-state index in [2.05, 4.69) is 27.8 Å². The third-order valence-corrected chi connectivity index (χ3v) is 6.82. The summed E-state index contributed by atoms with van der Waals surface area (Å²) >= 11 is 3.02.